The number of amides is 1. The molecule has 106 valence electrons. The van der Waals surface area contributed by atoms with Crippen molar-refractivity contribution in [2.45, 2.75) is 32.0 Å². The first kappa shape index (κ1) is 14.2. The van der Waals surface area contributed by atoms with Crippen molar-refractivity contribution >= 4 is 17.5 Å². The number of hydrogen-bond donors (Lipinski definition) is 0. The van der Waals surface area contributed by atoms with Crippen LogP contribution in [0.3, 0.4) is 0 Å². The highest BCUT2D eigenvalue weighted by atomic mass is 35.5. The zero-order valence-corrected chi connectivity index (χ0v) is 10.8. The van der Waals surface area contributed by atoms with Gasteiger partial charge in [0, 0.05) is 19.2 Å². The van der Waals surface area contributed by atoms with Crippen LogP contribution in [0.4, 0.5) is 13.2 Å². The Labute approximate surface area is 113 Å². The Morgan fingerprint density at radius 1 is 1.32 bits per heavy atom. The first-order valence-corrected chi connectivity index (χ1v) is 6.34. The molecule has 0 radical (unpaired) electrons. The van der Waals surface area contributed by atoms with Gasteiger partial charge < -0.3 is 4.90 Å². The van der Waals surface area contributed by atoms with Crippen molar-refractivity contribution < 1.29 is 18.0 Å². The minimum absolute atomic E-state index is 0.183. The van der Waals surface area contributed by atoms with Gasteiger partial charge in [-0.25, -0.2) is 4.68 Å². The van der Waals surface area contributed by atoms with Gasteiger partial charge in [-0.05, 0) is 19.3 Å². The molecule has 1 aliphatic rings. The maximum Gasteiger partial charge on any atom is 0.435 e. The first-order valence-electron chi connectivity index (χ1n) is 5.96. The second-order valence-corrected chi connectivity index (χ2v) is 4.84. The van der Waals surface area contributed by atoms with Crippen LogP contribution in [0.15, 0.2) is 6.07 Å². The highest BCUT2D eigenvalue weighted by Gasteiger charge is 2.35. The van der Waals surface area contributed by atoms with Crippen LogP contribution in [0.5, 0.6) is 0 Å². The van der Waals surface area contributed by atoms with Gasteiger partial charge in [-0.15, -0.1) is 0 Å². The monoisotopic (exact) mass is 295 g/mol. The molecule has 0 atom stereocenters. The molecule has 1 amide bonds. The largest absolute Gasteiger partial charge is 0.435 e. The number of rotatable bonds is 2. The van der Waals surface area contributed by atoms with Crippen LogP contribution in [-0.2, 0) is 17.5 Å². The van der Waals surface area contributed by atoms with Gasteiger partial charge in [0.25, 0.3) is 0 Å². The molecule has 1 aromatic heterocycles. The topological polar surface area (TPSA) is 38.1 Å². The molecule has 1 fully saturated rings. The quantitative estimate of drug-likeness (QED) is 0.841. The van der Waals surface area contributed by atoms with Gasteiger partial charge in [0.15, 0.2) is 5.69 Å². The highest BCUT2D eigenvalue weighted by Crippen LogP contribution is 2.29. The molecule has 1 saturated heterocycles. The lowest BCUT2D eigenvalue weighted by Crippen LogP contribution is -2.38. The third-order valence-corrected chi connectivity index (χ3v) is 3.32. The van der Waals surface area contributed by atoms with Crippen LogP contribution < -0.4 is 0 Å². The van der Waals surface area contributed by atoms with Crippen LogP contribution in [-0.4, -0.2) is 33.7 Å². The van der Waals surface area contributed by atoms with Crippen molar-refractivity contribution in [3.05, 3.63) is 16.9 Å². The molecule has 0 N–H and O–H groups in total. The molecule has 1 aromatic rings. The molecule has 0 unspecified atom stereocenters. The van der Waals surface area contributed by atoms with E-state index in [4.69, 9.17) is 11.6 Å². The van der Waals surface area contributed by atoms with Crippen LogP contribution in [0.2, 0.25) is 5.15 Å². The van der Waals surface area contributed by atoms with Crippen molar-refractivity contribution in [3.63, 3.8) is 0 Å². The summed E-state index contributed by atoms with van der Waals surface area (Å²) in [7, 11) is 0. The lowest BCUT2D eigenvalue weighted by molar-refractivity contribution is -0.142. The predicted molar refractivity (Wildman–Crippen MR) is 62.7 cm³/mol. The third kappa shape index (κ3) is 3.40. The number of carbonyl (C=O) groups excluding carboxylic acids is 1. The third-order valence-electron chi connectivity index (χ3n) is 3.02. The summed E-state index contributed by atoms with van der Waals surface area (Å²) in [5, 5.41) is 3.15. The molecule has 2 heterocycles. The van der Waals surface area contributed by atoms with E-state index in [9.17, 15) is 18.0 Å². The van der Waals surface area contributed by atoms with E-state index in [2.05, 4.69) is 5.10 Å². The number of halogens is 4. The minimum Gasteiger partial charge on any atom is -0.341 e. The van der Waals surface area contributed by atoms with Crippen LogP contribution in [0.1, 0.15) is 25.0 Å². The zero-order valence-electron chi connectivity index (χ0n) is 10.1. The van der Waals surface area contributed by atoms with Crippen molar-refractivity contribution in [1.29, 1.82) is 0 Å². The van der Waals surface area contributed by atoms with E-state index in [1.807, 2.05) is 0 Å². The zero-order chi connectivity index (χ0) is 14.0. The second kappa shape index (κ2) is 5.40. The highest BCUT2D eigenvalue weighted by molar-refractivity contribution is 6.29. The molecular weight excluding hydrogens is 283 g/mol. The van der Waals surface area contributed by atoms with Crippen molar-refractivity contribution in [1.82, 2.24) is 14.7 Å². The van der Waals surface area contributed by atoms with Gasteiger partial charge in [-0.1, -0.05) is 11.6 Å². The summed E-state index contributed by atoms with van der Waals surface area (Å²) in [6, 6.07) is 0.727. The van der Waals surface area contributed by atoms with E-state index in [-0.39, 0.29) is 17.6 Å². The fraction of sp³-hybridized carbons (Fsp3) is 0.636. The van der Waals surface area contributed by atoms with Crippen LogP contribution in [0.25, 0.3) is 0 Å². The Morgan fingerprint density at radius 3 is 2.47 bits per heavy atom. The van der Waals surface area contributed by atoms with E-state index >= 15 is 0 Å². The molecule has 0 aromatic carbocycles. The van der Waals surface area contributed by atoms with E-state index in [0.29, 0.717) is 13.1 Å². The molecule has 2 rings (SSSR count). The fourth-order valence-electron chi connectivity index (χ4n) is 2.01. The molecule has 0 spiro atoms. The predicted octanol–water partition coefficient (Wildman–Crippen LogP) is 2.57. The number of hydrogen-bond acceptors (Lipinski definition) is 2. The Balaban J connectivity index is 2.06. The van der Waals surface area contributed by atoms with Crippen LogP contribution in [0, 0.1) is 0 Å². The Kier molecular flexibility index (Phi) is 4.03. The van der Waals surface area contributed by atoms with Gasteiger partial charge in [-0.3, -0.25) is 4.79 Å². The summed E-state index contributed by atoms with van der Waals surface area (Å²) >= 11 is 5.66. The average Bonchev–Trinajstić information content (AvgIpc) is 2.72. The molecule has 19 heavy (non-hydrogen) atoms. The van der Waals surface area contributed by atoms with Crippen molar-refractivity contribution in [2.75, 3.05) is 13.1 Å². The smallest absolute Gasteiger partial charge is 0.341 e. The summed E-state index contributed by atoms with van der Waals surface area (Å²) < 4.78 is 38.2. The summed E-state index contributed by atoms with van der Waals surface area (Å²) in [6.07, 6.45) is -1.63. The average molecular weight is 296 g/mol. The van der Waals surface area contributed by atoms with Crippen molar-refractivity contribution in [3.8, 4) is 0 Å². The molecule has 0 bridgehead atoms. The Bertz CT molecular complexity index is 466. The number of carbonyl (C=O) groups is 1. The van der Waals surface area contributed by atoms with Gasteiger partial charge in [0.1, 0.15) is 11.7 Å². The lowest BCUT2D eigenvalue weighted by Gasteiger charge is -2.26. The molecule has 0 saturated carbocycles. The summed E-state index contributed by atoms with van der Waals surface area (Å²) in [5.41, 5.74) is -1.08. The van der Waals surface area contributed by atoms with E-state index in [0.717, 1.165) is 30.0 Å². The summed E-state index contributed by atoms with van der Waals surface area (Å²) in [5.74, 6) is -0.251. The number of aromatic nitrogens is 2. The normalized spacial score (nSPS) is 16.7. The number of piperidine rings is 1. The SMILES string of the molecule is O=C(Cn1nc(C(F)(F)F)cc1Cl)N1CCCCC1. The van der Waals surface area contributed by atoms with Crippen LogP contribution >= 0.6 is 11.6 Å². The Hall–Kier alpha value is -1.24. The first-order chi connectivity index (χ1) is 8.88. The van der Waals surface area contributed by atoms with Gasteiger partial charge in [0.2, 0.25) is 5.91 Å². The minimum atomic E-state index is -4.55. The standard InChI is InChI=1S/C11H13ClF3N3O/c12-9-6-8(11(13,14)15)16-18(9)7-10(19)17-4-2-1-3-5-17/h6H,1-5,7H2. The molecule has 1 aliphatic heterocycles. The molecular formula is C11H13ClF3N3O. The summed E-state index contributed by atoms with van der Waals surface area (Å²) in [6.45, 7) is 1.03. The van der Waals surface area contributed by atoms with Gasteiger partial charge in [0.05, 0.1) is 0 Å². The molecule has 0 aliphatic carbocycles. The number of likely N-dealkylation sites (tertiary alicyclic amines) is 1. The Morgan fingerprint density at radius 2 is 1.95 bits per heavy atom. The second-order valence-electron chi connectivity index (χ2n) is 4.45. The maximum atomic E-state index is 12.4. The lowest BCUT2D eigenvalue weighted by atomic mass is 10.1. The summed E-state index contributed by atoms with van der Waals surface area (Å²) in [4.78, 5) is 13.5. The maximum absolute atomic E-state index is 12.4. The molecule has 4 nitrogen and oxygen atoms in total. The fourth-order valence-corrected chi connectivity index (χ4v) is 2.22. The van der Waals surface area contributed by atoms with Gasteiger partial charge in [-0.2, -0.15) is 18.3 Å². The van der Waals surface area contributed by atoms with E-state index < -0.39 is 11.9 Å². The number of alkyl halides is 3. The van der Waals surface area contributed by atoms with Gasteiger partial charge >= 0.3 is 6.18 Å². The van der Waals surface area contributed by atoms with E-state index in [1.54, 1.807) is 4.90 Å². The molecule has 8 heteroatoms. The van der Waals surface area contributed by atoms with E-state index in [1.165, 1.54) is 0 Å². The van der Waals surface area contributed by atoms with Crippen molar-refractivity contribution in [2.24, 2.45) is 0 Å². The number of nitrogens with zero attached hydrogens (tertiary/aromatic N) is 3.